The second-order valence-electron chi connectivity index (χ2n) is 10.2. The van der Waals surface area contributed by atoms with Gasteiger partial charge in [0, 0.05) is 12.6 Å². The molecule has 3 aromatic carbocycles. The number of carbonyl (C=O) groups excluding carboxylic acids is 2. The zero-order chi connectivity index (χ0) is 30.3. The molecule has 0 radical (unpaired) electrons. The second-order valence-corrected chi connectivity index (χ2v) is 12.1. The van der Waals surface area contributed by atoms with Crippen LogP contribution in [0, 0.1) is 11.6 Å². The number of ether oxygens (including phenoxy) is 1. The maximum Gasteiger partial charge on any atom is 0.264 e. The van der Waals surface area contributed by atoms with E-state index in [-0.39, 0.29) is 29.1 Å². The van der Waals surface area contributed by atoms with Gasteiger partial charge in [0.15, 0.2) is 0 Å². The van der Waals surface area contributed by atoms with Crippen LogP contribution in [-0.4, -0.2) is 50.4 Å². The van der Waals surface area contributed by atoms with Crippen LogP contribution in [0.15, 0.2) is 77.7 Å². The van der Waals surface area contributed by atoms with Crippen molar-refractivity contribution in [3.63, 3.8) is 0 Å². The Labute approximate surface area is 245 Å². The molecule has 0 unspecified atom stereocenters. The molecule has 1 aliphatic rings. The number of halogens is 2. The molecule has 2 amide bonds. The highest BCUT2D eigenvalue weighted by Crippen LogP contribution is 2.26. The van der Waals surface area contributed by atoms with Crippen molar-refractivity contribution in [2.24, 2.45) is 0 Å². The maximum absolute atomic E-state index is 13.9. The number of hydrogen-bond donors (Lipinski definition) is 1. The van der Waals surface area contributed by atoms with Crippen LogP contribution in [-0.2, 0) is 26.2 Å². The smallest absolute Gasteiger partial charge is 0.264 e. The number of nitrogens with one attached hydrogen (secondary N) is 1. The molecular formula is C31H35F2N3O5S. The number of rotatable bonds is 12. The average molecular weight is 600 g/mol. The van der Waals surface area contributed by atoms with Gasteiger partial charge in [0.2, 0.25) is 11.8 Å². The minimum Gasteiger partial charge on any atom is -0.494 e. The van der Waals surface area contributed by atoms with Gasteiger partial charge in [-0.3, -0.25) is 13.9 Å². The highest BCUT2D eigenvalue weighted by Gasteiger charge is 2.33. The quantitative estimate of drug-likeness (QED) is 0.315. The maximum atomic E-state index is 13.9. The number of sulfonamides is 1. The third kappa shape index (κ3) is 7.64. The first-order valence-corrected chi connectivity index (χ1v) is 15.4. The minimum atomic E-state index is -4.31. The van der Waals surface area contributed by atoms with Gasteiger partial charge >= 0.3 is 0 Å². The van der Waals surface area contributed by atoms with Gasteiger partial charge in [0.05, 0.1) is 17.2 Å². The summed E-state index contributed by atoms with van der Waals surface area (Å²) >= 11 is 0. The Morgan fingerprint density at radius 3 is 2.07 bits per heavy atom. The zero-order valence-corrected chi connectivity index (χ0v) is 24.4. The zero-order valence-electron chi connectivity index (χ0n) is 23.6. The molecule has 0 saturated heterocycles. The molecule has 0 heterocycles. The SMILES string of the molecule is CCOc1ccc(S(=O)(=O)N(CC(=O)N(Cc2ccc(F)cc2)[C@H](C)C(=O)NC2CCCC2)c2ccc(F)cc2)cc1. The fourth-order valence-electron chi connectivity index (χ4n) is 4.90. The summed E-state index contributed by atoms with van der Waals surface area (Å²) in [6.07, 6.45) is 3.72. The molecule has 0 spiro atoms. The summed E-state index contributed by atoms with van der Waals surface area (Å²) in [6, 6.07) is 15.1. The standard InChI is InChI=1S/C31H35F2N3O5S/c1-3-41-28-16-18-29(19-17-28)42(39,40)36(27-14-12-25(33)13-15-27)21-30(37)35(20-23-8-10-24(32)11-9-23)22(2)31(38)34-26-6-4-5-7-26/h8-19,22,26H,3-7,20-21H2,1-2H3,(H,34,38)/t22-/m1/s1. The van der Waals surface area contributed by atoms with Crippen LogP contribution >= 0.6 is 0 Å². The summed E-state index contributed by atoms with van der Waals surface area (Å²) in [6.45, 7) is 3.06. The van der Waals surface area contributed by atoms with Gasteiger partial charge in [-0.25, -0.2) is 17.2 Å². The number of benzene rings is 3. The third-order valence-electron chi connectivity index (χ3n) is 7.25. The van der Waals surface area contributed by atoms with Crippen molar-refractivity contribution in [1.29, 1.82) is 0 Å². The Kier molecular flexibility index (Phi) is 10.2. The van der Waals surface area contributed by atoms with Crippen LogP contribution in [0.3, 0.4) is 0 Å². The Bertz CT molecular complexity index is 1460. The van der Waals surface area contributed by atoms with E-state index in [4.69, 9.17) is 4.74 Å². The van der Waals surface area contributed by atoms with Gasteiger partial charge in [-0.1, -0.05) is 25.0 Å². The first-order valence-electron chi connectivity index (χ1n) is 13.9. The van der Waals surface area contributed by atoms with Gasteiger partial charge in [-0.2, -0.15) is 0 Å². The number of anilines is 1. The first kappa shape index (κ1) is 31.0. The molecule has 1 aliphatic carbocycles. The Morgan fingerprint density at radius 2 is 1.50 bits per heavy atom. The topological polar surface area (TPSA) is 96.0 Å². The summed E-state index contributed by atoms with van der Waals surface area (Å²) in [4.78, 5) is 28.4. The van der Waals surface area contributed by atoms with E-state index in [0.29, 0.717) is 17.9 Å². The number of amides is 2. The van der Waals surface area contributed by atoms with Crippen LogP contribution in [0.25, 0.3) is 0 Å². The molecule has 224 valence electrons. The summed E-state index contributed by atoms with van der Waals surface area (Å²) < 4.78 is 61.4. The largest absolute Gasteiger partial charge is 0.494 e. The molecule has 8 nitrogen and oxygen atoms in total. The Morgan fingerprint density at radius 1 is 0.929 bits per heavy atom. The van der Waals surface area contributed by atoms with Crippen molar-refractivity contribution in [3.8, 4) is 5.75 Å². The van der Waals surface area contributed by atoms with Crippen molar-refractivity contribution in [2.75, 3.05) is 17.5 Å². The summed E-state index contributed by atoms with van der Waals surface area (Å²) in [5, 5.41) is 2.99. The molecule has 4 rings (SSSR count). The second kappa shape index (κ2) is 13.8. The lowest BCUT2D eigenvalue weighted by molar-refractivity contribution is -0.139. The molecule has 3 aromatic rings. The predicted molar refractivity (Wildman–Crippen MR) is 155 cm³/mol. The van der Waals surface area contributed by atoms with Crippen LogP contribution < -0.4 is 14.4 Å². The van der Waals surface area contributed by atoms with E-state index in [1.165, 1.54) is 65.6 Å². The summed E-state index contributed by atoms with van der Waals surface area (Å²) in [5.41, 5.74) is 0.636. The summed E-state index contributed by atoms with van der Waals surface area (Å²) in [7, 11) is -4.31. The van der Waals surface area contributed by atoms with Crippen LogP contribution in [0.5, 0.6) is 5.75 Å². The molecule has 1 N–H and O–H groups in total. The molecule has 1 fully saturated rings. The van der Waals surface area contributed by atoms with E-state index in [9.17, 15) is 26.8 Å². The third-order valence-corrected chi connectivity index (χ3v) is 9.04. The van der Waals surface area contributed by atoms with E-state index in [2.05, 4.69) is 5.32 Å². The monoisotopic (exact) mass is 599 g/mol. The van der Waals surface area contributed by atoms with Crippen molar-refractivity contribution >= 4 is 27.5 Å². The highest BCUT2D eigenvalue weighted by molar-refractivity contribution is 7.92. The fourth-order valence-corrected chi connectivity index (χ4v) is 6.31. The van der Waals surface area contributed by atoms with E-state index in [0.717, 1.165) is 42.1 Å². The lowest BCUT2D eigenvalue weighted by atomic mass is 10.1. The van der Waals surface area contributed by atoms with E-state index < -0.39 is 40.2 Å². The van der Waals surface area contributed by atoms with Crippen molar-refractivity contribution in [1.82, 2.24) is 10.2 Å². The predicted octanol–water partition coefficient (Wildman–Crippen LogP) is 5.03. The molecular weight excluding hydrogens is 564 g/mol. The van der Waals surface area contributed by atoms with E-state index >= 15 is 0 Å². The molecule has 0 bridgehead atoms. The minimum absolute atomic E-state index is 0.0125. The van der Waals surface area contributed by atoms with Crippen molar-refractivity contribution < 1.29 is 31.5 Å². The number of hydrogen-bond acceptors (Lipinski definition) is 5. The molecule has 11 heteroatoms. The van der Waals surface area contributed by atoms with Gasteiger partial charge in [0.1, 0.15) is 30.0 Å². The molecule has 0 aliphatic heterocycles. The van der Waals surface area contributed by atoms with Crippen LogP contribution in [0.1, 0.15) is 45.1 Å². The average Bonchev–Trinajstić information content (AvgIpc) is 3.49. The molecule has 0 aromatic heterocycles. The lowest BCUT2D eigenvalue weighted by Crippen LogP contribution is -2.52. The van der Waals surface area contributed by atoms with Gasteiger partial charge in [0.25, 0.3) is 10.0 Å². The van der Waals surface area contributed by atoms with Gasteiger partial charge in [-0.05, 0) is 92.9 Å². The van der Waals surface area contributed by atoms with Crippen LogP contribution in [0.2, 0.25) is 0 Å². The lowest BCUT2D eigenvalue weighted by Gasteiger charge is -2.32. The van der Waals surface area contributed by atoms with Crippen LogP contribution in [0.4, 0.5) is 14.5 Å². The number of nitrogens with zero attached hydrogens (tertiary/aromatic N) is 2. The Balaban J connectivity index is 1.67. The Hall–Kier alpha value is -3.99. The van der Waals surface area contributed by atoms with Gasteiger partial charge < -0.3 is 15.0 Å². The normalized spacial score (nSPS) is 14.3. The molecule has 1 atom stereocenters. The molecule has 1 saturated carbocycles. The van der Waals surface area contributed by atoms with Crippen molar-refractivity contribution in [2.45, 2.75) is 63.1 Å². The van der Waals surface area contributed by atoms with Crippen molar-refractivity contribution in [3.05, 3.63) is 90.0 Å². The van der Waals surface area contributed by atoms with E-state index in [1.54, 1.807) is 13.8 Å². The van der Waals surface area contributed by atoms with Gasteiger partial charge in [-0.15, -0.1) is 0 Å². The fraction of sp³-hybridized carbons (Fsp3) is 0.355. The number of carbonyl (C=O) groups is 2. The molecule has 42 heavy (non-hydrogen) atoms. The first-order chi connectivity index (χ1) is 20.1. The van der Waals surface area contributed by atoms with E-state index in [1.807, 2.05) is 0 Å². The summed E-state index contributed by atoms with van der Waals surface area (Å²) in [5.74, 6) is -1.56. The highest BCUT2D eigenvalue weighted by atomic mass is 32.2.